The highest BCUT2D eigenvalue weighted by atomic mass is 32.2. The van der Waals surface area contributed by atoms with Gasteiger partial charge in [-0.15, -0.1) is 0 Å². The molecule has 0 fully saturated rings. The quantitative estimate of drug-likeness (QED) is 0.779. The molecule has 26 heavy (non-hydrogen) atoms. The van der Waals surface area contributed by atoms with Gasteiger partial charge in [-0.05, 0) is 36.8 Å². The Morgan fingerprint density at radius 3 is 2.69 bits per heavy atom. The molecule has 7 heteroatoms. The maximum absolute atomic E-state index is 13.0. The number of ether oxygens (including phenoxy) is 2. The fourth-order valence-electron chi connectivity index (χ4n) is 2.81. The molecule has 0 aliphatic carbocycles. The van der Waals surface area contributed by atoms with Crippen LogP contribution in [0.4, 0.5) is 0 Å². The molecule has 0 spiro atoms. The zero-order valence-electron chi connectivity index (χ0n) is 14.5. The zero-order valence-corrected chi connectivity index (χ0v) is 15.3. The van der Waals surface area contributed by atoms with Crippen molar-refractivity contribution in [2.24, 2.45) is 0 Å². The van der Waals surface area contributed by atoms with Gasteiger partial charge >= 0.3 is 0 Å². The first-order valence-corrected chi connectivity index (χ1v) is 9.87. The molecule has 0 N–H and O–H groups in total. The molecule has 0 saturated carbocycles. The summed E-state index contributed by atoms with van der Waals surface area (Å²) in [6.07, 6.45) is 0.270. The Kier molecular flexibility index (Phi) is 5.45. The SMILES string of the molecule is CCCN(C[C@H]1COc2ccccc2O1)S(=O)(=O)c1cccc(C#N)c1. The number of hydrogen-bond acceptors (Lipinski definition) is 5. The average molecular weight is 372 g/mol. The summed E-state index contributed by atoms with van der Waals surface area (Å²) in [7, 11) is -3.73. The van der Waals surface area contributed by atoms with Crippen molar-refractivity contribution in [2.45, 2.75) is 24.3 Å². The van der Waals surface area contributed by atoms with E-state index >= 15 is 0 Å². The summed E-state index contributed by atoms with van der Waals surface area (Å²) in [5.41, 5.74) is 0.314. The molecule has 0 saturated heterocycles. The smallest absolute Gasteiger partial charge is 0.243 e. The number of para-hydroxylation sites is 2. The van der Waals surface area contributed by atoms with Gasteiger partial charge in [-0.1, -0.05) is 25.1 Å². The van der Waals surface area contributed by atoms with Crippen molar-refractivity contribution < 1.29 is 17.9 Å². The van der Waals surface area contributed by atoms with Gasteiger partial charge in [-0.2, -0.15) is 9.57 Å². The lowest BCUT2D eigenvalue weighted by atomic mass is 10.2. The Balaban J connectivity index is 1.82. The van der Waals surface area contributed by atoms with Crippen molar-refractivity contribution >= 4 is 10.0 Å². The zero-order chi connectivity index (χ0) is 18.6. The van der Waals surface area contributed by atoms with E-state index in [0.29, 0.717) is 30.0 Å². The summed E-state index contributed by atoms with van der Waals surface area (Å²) in [4.78, 5) is 0.113. The molecule has 2 aromatic carbocycles. The summed E-state index contributed by atoms with van der Waals surface area (Å²) in [6, 6.07) is 15.4. The fraction of sp³-hybridized carbons (Fsp3) is 0.316. The first-order chi connectivity index (χ1) is 12.5. The van der Waals surface area contributed by atoms with Crippen molar-refractivity contribution in [3.8, 4) is 17.6 Å². The lowest BCUT2D eigenvalue weighted by Crippen LogP contribution is -2.44. The Bertz CT molecular complexity index is 921. The second-order valence-corrected chi connectivity index (χ2v) is 7.94. The number of nitrogens with zero attached hydrogens (tertiary/aromatic N) is 2. The number of sulfonamides is 1. The van der Waals surface area contributed by atoms with Crippen LogP contribution in [0.25, 0.3) is 0 Å². The average Bonchev–Trinajstić information content (AvgIpc) is 2.67. The van der Waals surface area contributed by atoms with Gasteiger partial charge in [0, 0.05) is 6.54 Å². The van der Waals surface area contributed by atoms with Crippen molar-refractivity contribution in [1.82, 2.24) is 4.31 Å². The predicted molar refractivity (Wildman–Crippen MR) is 96.6 cm³/mol. The lowest BCUT2D eigenvalue weighted by molar-refractivity contribution is 0.0764. The third kappa shape index (κ3) is 3.82. The second kappa shape index (κ2) is 7.77. The van der Waals surface area contributed by atoms with Gasteiger partial charge in [0.2, 0.25) is 10.0 Å². The van der Waals surface area contributed by atoms with E-state index < -0.39 is 16.1 Å². The molecular weight excluding hydrogens is 352 g/mol. The van der Waals surface area contributed by atoms with E-state index in [0.717, 1.165) is 0 Å². The topological polar surface area (TPSA) is 79.6 Å². The first kappa shape index (κ1) is 18.2. The van der Waals surface area contributed by atoms with Crippen LogP contribution in [0.3, 0.4) is 0 Å². The summed E-state index contributed by atoms with van der Waals surface area (Å²) >= 11 is 0. The van der Waals surface area contributed by atoms with Crippen molar-refractivity contribution in [1.29, 1.82) is 5.26 Å². The van der Waals surface area contributed by atoms with Crippen LogP contribution in [-0.2, 0) is 10.0 Å². The minimum absolute atomic E-state index is 0.113. The van der Waals surface area contributed by atoms with Crippen molar-refractivity contribution in [3.05, 3.63) is 54.1 Å². The van der Waals surface area contributed by atoms with Crippen LogP contribution in [-0.4, -0.2) is 38.5 Å². The molecule has 0 unspecified atom stereocenters. The molecule has 0 aromatic heterocycles. The fourth-order valence-corrected chi connectivity index (χ4v) is 4.42. The van der Waals surface area contributed by atoms with E-state index in [9.17, 15) is 8.42 Å². The molecule has 1 aliphatic heterocycles. The van der Waals surface area contributed by atoms with Gasteiger partial charge in [0.25, 0.3) is 0 Å². The maximum Gasteiger partial charge on any atom is 0.243 e. The van der Waals surface area contributed by atoms with Gasteiger partial charge in [0.05, 0.1) is 23.1 Å². The number of rotatable bonds is 6. The minimum atomic E-state index is -3.73. The Morgan fingerprint density at radius 2 is 1.96 bits per heavy atom. The number of benzene rings is 2. The van der Waals surface area contributed by atoms with Crippen LogP contribution in [0.5, 0.6) is 11.5 Å². The van der Waals surface area contributed by atoms with Crippen molar-refractivity contribution in [2.75, 3.05) is 19.7 Å². The molecule has 1 heterocycles. The van der Waals surface area contributed by atoms with Gasteiger partial charge < -0.3 is 9.47 Å². The van der Waals surface area contributed by atoms with Gasteiger partial charge in [0.1, 0.15) is 12.7 Å². The predicted octanol–water partition coefficient (Wildman–Crippen LogP) is 2.80. The Morgan fingerprint density at radius 1 is 1.19 bits per heavy atom. The Hall–Kier alpha value is -2.56. The number of fused-ring (bicyclic) bond motifs is 1. The molecule has 6 nitrogen and oxygen atoms in total. The Labute approximate surface area is 153 Å². The number of hydrogen-bond donors (Lipinski definition) is 0. The van der Waals surface area contributed by atoms with Crippen LogP contribution in [0.2, 0.25) is 0 Å². The third-order valence-corrected chi connectivity index (χ3v) is 5.91. The first-order valence-electron chi connectivity index (χ1n) is 8.43. The van der Waals surface area contributed by atoms with E-state index in [1.54, 1.807) is 18.2 Å². The molecule has 0 bridgehead atoms. The van der Waals surface area contributed by atoms with E-state index in [2.05, 4.69) is 0 Å². The van der Waals surface area contributed by atoms with Crippen LogP contribution in [0.15, 0.2) is 53.4 Å². The molecule has 1 atom stereocenters. The van der Waals surface area contributed by atoms with Crippen LogP contribution in [0.1, 0.15) is 18.9 Å². The van der Waals surface area contributed by atoms with E-state index in [-0.39, 0.29) is 18.0 Å². The highest BCUT2D eigenvalue weighted by Gasteiger charge is 2.30. The highest BCUT2D eigenvalue weighted by molar-refractivity contribution is 7.89. The molecular formula is C19H20N2O4S. The summed E-state index contributed by atoms with van der Waals surface area (Å²) < 4.78 is 39.0. The molecule has 1 aliphatic rings. The van der Waals surface area contributed by atoms with Gasteiger partial charge in [-0.25, -0.2) is 8.42 Å². The molecule has 2 aromatic rings. The minimum Gasteiger partial charge on any atom is -0.486 e. The largest absolute Gasteiger partial charge is 0.486 e. The molecule has 3 rings (SSSR count). The van der Waals surface area contributed by atoms with Gasteiger partial charge in [-0.3, -0.25) is 0 Å². The lowest BCUT2D eigenvalue weighted by Gasteiger charge is -2.30. The molecule has 0 amide bonds. The van der Waals surface area contributed by atoms with E-state index in [1.165, 1.54) is 16.4 Å². The normalized spacial score (nSPS) is 16.3. The second-order valence-electron chi connectivity index (χ2n) is 6.00. The molecule has 0 radical (unpaired) electrons. The third-order valence-electron chi connectivity index (χ3n) is 4.05. The van der Waals surface area contributed by atoms with Gasteiger partial charge in [0.15, 0.2) is 11.5 Å². The highest BCUT2D eigenvalue weighted by Crippen LogP contribution is 2.31. The standard InChI is InChI=1S/C19H20N2O4S/c1-2-10-21(26(22,23)17-7-5-6-15(11-17)12-20)13-16-14-24-18-8-3-4-9-19(18)25-16/h3-9,11,16H,2,10,13-14H2,1H3/t16-/m0/s1. The monoisotopic (exact) mass is 372 g/mol. The van der Waals surface area contributed by atoms with Crippen LogP contribution < -0.4 is 9.47 Å². The van der Waals surface area contributed by atoms with E-state index in [1.807, 2.05) is 31.2 Å². The molecule has 136 valence electrons. The maximum atomic E-state index is 13.0. The van der Waals surface area contributed by atoms with Crippen molar-refractivity contribution in [3.63, 3.8) is 0 Å². The number of nitriles is 1. The summed E-state index contributed by atoms with van der Waals surface area (Å²) in [5, 5.41) is 9.03. The van der Waals surface area contributed by atoms with E-state index in [4.69, 9.17) is 14.7 Å². The summed E-state index contributed by atoms with van der Waals surface area (Å²) in [5.74, 6) is 1.28. The van der Waals surface area contributed by atoms with Crippen LogP contribution >= 0.6 is 0 Å². The summed E-state index contributed by atoms with van der Waals surface area (Å²) in [6.45, 7) is 2.74. The van der Waals surface area contributed by atoms with Crippen LogP contribution in [0, 0.1) is 11.3 Å².